The Morgan fingerprint density at radius 1 is 1.29 bits per heavy atom. The van der Waals surface area contributed by atoms with E-state index in [9.17, 15) is 4.79 Å². The number of nitrogens with zero attached hydrogens (tertiary/aromatic N) is 1. The Balaban J connectivity index is 2.07. The SMILES string of the molecule is C=C/C=C(\C=C)COC(=O)C(c1ccccc1)N1CCC1. The number of benzene rings is 1. The highest BCUT2D eigenvalue weighted by molar-refractivity contribution is 5.78. The van der Waals surface area contributed by atoms with Gasteiger partial charge in [0.2, 0.25) is 0 Å². The van der Waals surface area contributed by atoms with E-state index in [1.165, 1.54) is 0 Å². The first kappa shape index (κ1) is 15.3. The minimum atomic E-state index is -0.310. The summed E-state index contributed by atoms with van der Waals surface area (Å²) in [5.74, 6) is -0.210. The summed E-state index contributed by atoms with van der Waals surface area (Å²) in [5.41, 5.74) is 1.82. The Morgan fingerprint density at radius 2 is 2.00 bits per heavy atom. The number of hydrogen-bond donors (Lipinski definition) is 0. The summed E-state index contributed by atoms with van der Waals surface area (Å²) < 4.78 is 5.45. The Labute approximate surface area is 126 Å². The zero-order valence-corrected chi connectivity index (χ0v) is 12.2. The van der Waals surface area contributed by atoms with Gasteiger partial charge < -0.3 is 4.74 Å². The fraction of sp³-hybridized carbons (Fsp3) is 0.278. The maximum absolute atomic E-state index is 12.5. The van der Waals surface area contributed by atoms with Crippen molar-refractivity contribution >= 4 is 5.97 Å². The van der Waals surface area contributed by atoms with E-state index in [4.69, 9.17) is 4.74 Å². The lowest BCUT2D eigenvalue weighted by molar-refractivity contribution is -0.151. The Kier molecular flexibility index (Phi) is 5.52. The van der Waals surface area contributed by atoms with Crippen LogP contribution in [0.4, 0.5) is 0 Å². The summed E-state index contributed by atoms with van der Waals surface area (Å²) in [6.07, 6.45) is 6.26. The molecule has 0 amide bonds. The molecule has 1 aromatic carbocycles. The summed E-state index contributed by atoms with van der Waals surface area (Å²) in [7, 11) is 0. The molecular weight excluding hydrogens is 262 g/mol. The fourth-order valence-electron chi connectivity index (χ4n) is 2.29. The van der Waals surface area contributed by atoms with Crippen LogP contribution in [-0.4, -0.2) is 30.6 Å². The van der Waals surface area contributed by atoms with Crippen LogP contribution in [-0.2, 0) is 9.53 Å². The molecule has 1 aliphatic heterocycles. The number of allylic oxidation sites excluding steroid dienone is 2. The lowest BCUT2D eigenvalue weighted by atomic mass is 10.0. The zero-order chi connectivity index (χ0) is 15.1. The molecule has 0 N–H and O–H groups in total. The Morgan fingerprint density at radius 3 is 2.52 bits per heavy atom. The maximum Gasteiger partial charge on any atom is 0.328 e. The first-order chi connectivity index (χ1) is 10.3. The largest absolute Gasteiger partial charge is 0.459 e. The van der Waals surface area contributed by atoms with Crippen molar-refractivity contribution in [2.75, 3.05) is 19.7 Å². The van der Waals surface area contributed by atoms with E-state index in [2.05, 4.69) is 18.1 Å². The number of esters is 1. The molecule has 1 fully saturated rings. The first-order valence-electron chi connectivity index (χ1n) is 7.16. The van der Waals surface area contributed by atoms with Gasteiger partial charge in [-0.05, 0) is 17.6 Å². The average Bonchev–Trinajstić information content (AvgIpc) is 2.47. The lowest BCUT2D eigenvalue weighted by Crippen LogP contribution is -2.44. The summed E-state index contributed by atoms with van der Waals surface area (Å²) in [5, 5.41) is 0. The topological polar surface area (TPSA) is 29.5 Å². The van der Waals surface area contributed by atoms with Gasteiger partial charge in [-0.15, -0.1) is 0 Å². The molecule has 1 saturated heterocycles. The summed E-state index contributed by atoms with van der Waals surface area (Å²) in [4.78, 5) is 14.6. The molecule has 0 aromatic heterocycles. The quantitative estimate of drug-likeness (QED) is 0.568. The van der Waals surface area contributed by atoms with Gasteiger partial charge in [-0.2, -0.15) is 0 Å². The van der Waals surface area contributed by atoms with Crippen LogP contribution in [0.25, 0.3) is 0 Å². The van der Waals surface area contributed by atoms with Gasteiger partial charge in [0.25, 0.3) is 0 Å². The second-order valence-electron chi connectivity index (χ2n) is 4.99. The van der Waals surface area contributed by atoms with E-state index in [1.807, 2.05) is 30.3 Å². The van der Waals surface area contributed by atoms with E-state index in [1.54, 1.807) is 18.2 Å². The van der Waals surface area contributed by atoms with Crippen LogP contribution in [0.1, 0.15) is 18.0 Å². The highest BCUT2D eigenvalue weighted by Crippen LogP contribution is 2.27. The monoisotopic (exact) mass is 283 g/mol. The lowest BCUT2D eigenvalue weighted by Gasteiger charge is -2.37. The van der Waals surface area contributed by atoms with Crippen molar-refractivity contribution in [3.8, 4) is 0 Å². The van der Waals surface area contributed by atoms with Crippen LogP contribution < -0.4 is 0 Å². The second kappa shape index (κ2) is 7.60. The van der Waals surface area contributed by atoms with E-state index >= 15 is 0 Å². The predicted molar refractivity (Wildman–Crippen MR) is 84.8 cm³/mol. The van der Waals surface area contributed by atoms with Crippen LogP contribution in [0.5, 0.6) is 0 Å². The third-order valence-corrected chi connectivity index (χ3v) is 3.57. The average molecular weight is 283 g/mol. The normalized spacial score (nSPS) is 16.7. The van der Waals surface area contributed by atoms with Crippen molar-refractivity contribution < 1.29 is 9.53 Å². The highest BCUT2D eigenvalue weighted by Gasteiger charge is 2.32. The van der Waals surface area contributed by atoms with Crippen molar-refractivity contribution in [3.05, 3.63) is 72.9 Å². The summed E-state index contributed by atoms with van der Waals surface area (Å²) in [6.45, 7) is 9.44. The maximum atomic E-state index is 12.5. The smallest absolute Gasteiger partial charge is 0.328 e. The minimum Gasteiger partial charge on any atom is -0.459 e. The van der Waals surface area contributed by atoms with Crippen molar-refractivity contribution in [1.82, 2.24) is 4.90 Å². The third kappa shape index (κ3) is 3.92. The van der Waals surface area contributed by atoms with Crippen LogP contribution in [0.2, 0.25) is 0 Å². The number of carbonyl (C=O) groups is 1. The molecule has 21 heavy (non-hydrogen) atoms. The van der Waals surface area contributed by atoms with Crippen LogP contribution >= 0.6 is 0 Å². The van der Waals surface area contributed by atoms with Crippen LogP contribution in [0.15, 0.2) is 67.3 Å². The van der Waals surface area contributed by atoms with Gasteiger partial charge in [-0.3, -0.25) is 4.90 Å². The molecule has 1 atom stereocenters. The van der Waals surface area contributed by atoms with E-state index < -0.39 is 0 Å². The van der Waals surface area contributed by atoms with Gasteiger partial charge in [-0.25, -0.2) is 4.79 Å². The second-order valence-corrected chi connectivity index (χ2v) is 4.99. The molecule has 1 heterocycles. The number of carbonyl (C=O) groups excluding carboxylic acids is 1. The minimum absolute atomic E-state index is 0.210. The molecule has 110 valence electrons. The van der Waals surface area contributed by atoms with Crippen LogP contribution in [0, 0.1) is 0 Å². The molecule has 1 aromatic rings. The van der Waals surface area contributed by atoms with Gasteiger partial charge in [0.1, 0.15) is 12.6 Å². The van der Waals surface area contributed by atoms with Gasteiger partial charge in [0, 0.05) is 13.1 Å². The van der Waals surface area contributed by atoms with Crippen LogP contribution in [0.3, 0.4) is 0 Å². The number of hydrogen-bond acceptors (Lipinski definition) is 3. The van der Waals surface area contributed by atoms with Crippen molar-refractivity contribution in [3.63, 3.8) is 0 Å². The molecule has 3 heteroatoms. The first-order valence-corrected chi connectivity index (χ1v) is 7.16. The Hall–Kier alpha value is -2.13. The molecule has 0 radical (unpaired) electrons. The van der Waals surface area contributed by atoms with E-state index in [-0.39, 0.29) is 18.6 Å². The van der Waals surface area contributed by atoms with Crippen molar-refractivity contribution in [1.29, 1.82) is 0 Å². The Bertz CT molecular complexity index is 529. The molecule has 1 aliphatic rings. The van der Waals surface area contributed by atoms with Crippen molar-refractivity contribution in [2.45, 2.75) is 12.5 Å². The highest BCUT2D eigenvalue weighted by atomic mass is 16.5. The molecule has 0 spiro atoms. The fourth-order valence-corrected chi connectivity index (χ4v) is 2.29. The molecule has 0 saturated carbocycles. The standard InChI is InChI=1S/C18H21NO2/c1-3-9-15(4-2)14-21-18(20)17(19-12-8-13-19)16-10-6-5-7-11-16/h3-7,9-11,17H,1-2,8,12-14H2/b15-9+. The molecular formula is C18H21NO2. The van der Waals surface area contributed by atoms with E-state index in [0.29, 0.717) is 0 Å². The summed E-state index contributed by atoms with van der Waals surface area (Å²) >= 11 is 0. The third-order valence-electron chi connectivity index (χ3n) is 3.57. The molecule has 3 nitrogen and oxygen atoms in total. The molecule has 1 unspecified atom stereocenters. The van der Waals surface area contributed by atoms with Crippen molar-refractivity contribution in [2.24, 2.45) is 0 Å². The van der Waals surface area contributed by atoms with Gasteiger partial charge in [0.05, 0.1) is 0 Å². The zero-order valence-electron chi connectivity index (χ0n) is 12.2. The van der Waals surface area contributed by atoms with Gasteiger partial charge >= 0.3 is 5.97 Å². The molecule has 0 bridgehead atoms. The number of ether oxygens (including phenoxy) is 1. The molecule has 2 rings (SSSR count). The number of likely N-dealkylation sites (tertiary alicyclic amines) is 1. The molecule has 0 aliphatic carbocycles. The summed E-state index contributed by atoms with van der Waals surface area (Å²) in [6, 6.07) is 9.47. The predicted octanol–water partition coefficient (Wildman–Crippen LogP) is 3.28. The number of rotatable bonds is 7. The van der Waals surface area contributed by atoms with E-state index in [0.717, 1.165) is 30.6 Å². The van der Waals surface area contributed by atoms with Gasteiger partial charge in [-0.1, -0.05) is 61.7 Å². The van der Waals surface area contributed by atoms with Gasteiger partial charge in [0.15, 0.2) is 0 Å².